The van der Waals surface area contributed by atoms with Crippen LogP contribution in [0.25, 0.3) is 16.5 Å². The van der Waals surface area contributed by atoms with Crippen LogP contribution in [0.1, 0.15) is 24.3 Å². The standard InChI is InChI=1S/C19H16FN3O4S/c1-3-5-14(24)21-17-15-13(10-28-17)16(19(26)27-4-2)22-23(18(15)25)12-8-6-11(20)7-9-12/h3,5-10H,4H2,1-2H3,(H,21,24). The lowest BCUT2D eigenvalue weighted by Gasteiger charge is -2.09. The number of benzene rings is 1. The van der Waals surface area contributed by atoms with Crippen molar-refractivity contribution in [3.63, 3.8) is 0 Å². The van der Waals surface area contributed by atoms with Gasteiger partial charge in [-0.2, -0.15) is 9.78 Å². The normalized spacial score (nSPS) is 11.1. The van der Waals surface area contributed by atoms with Gasteiger partial charge in [0.2, 0.25) is 5.91 Å². The van der Waals surface area contributed by atoms with Gasteiger partial charge in [0, 0.05) is 10.8 Å². The average molecular weight is 401 g/mol. The molecule has 28 heavy (non-hydrogen) atoms. The number of carbonyl (C=O) groups excluding carboxylic acids is 2. The molecular formula is C19H16FN3O4S. The summed E-state index contributed by atoms with van der Waals surface area (Å²) < 4.78 is 19.3. The molecule has 0 aliphatic rings. The summed E-state index contributed by atoms with van der Waals surface area (Å²) in [6.45, 7) is 3.48. The Kier molecular flexibility index (Phi) is 5.65. The van der Waals surface area contributed by atoms with E-state index in [-0.39, 0.29) is 33.8 Å². The van der Waals surface area contributed by atoms with Crippen LogP contribution in [0.3, 0.4) is 0 Å². The summed E-state index contributed by atoms with van der Waals surface area (Å²) in [7, 11) is 0. The predicted molar refractivity (Wildman–Crippen MR) is 105 cm³/mol. The highest BCUT2D eigenvalue weighted by atomic mass is 32.1. The van der Waals surface area contributed by atoms with Crippen molar-refractivity contribution in [3.8, 4) is 5.69 Å². The second-order valence-electron chi connectivity index (χ2n) is 5.61. The number of carbonyl (C=O) groups is 2. The van der Waals surface area contributed by atoms with Gasteiger partial charge < -0.3 is 10.1 Å². The van der Waals surface area contributed by atoms with Gasteiger partial charge in [-0.15, -0.1) is 11.3 Å². The molecule has 0 radical (unpaired) electrons. The summed E-state index contributed by atoms with van der Waals surface area (Å²) in [5, 5.41) is 9.03. The Morgan fingerprint density at radius 3 is 2.68 bits per heavy atom. The molecule has 2 aromatic heterocycles. The van der Waals surface area contributed by atoms with Gasteiger partial charge in [-0.25, -0.2) is 9.18 Å². The molecular weight excluding hydrogens is 385 g/mol. The first-order chi connectivity index (χ1) is 13.5. The van der Waals surface area contributed by atoms with Crippen LogP contribution < -0.4 is 10.9 Å². The lowest BCUT2D eigenvalue weighted by molar-refractivity contribution is -0.111. The van der Waals surface area contributed by atoms with Crippen LogP contribution in [-0.2, 0) is 9.53 Å². The number of thiophene rings is 1. The Bertz CT molecular complexity index is 1130. The van der Waals surface area contributed by atoms with E-state index >= 15 is 0 Å². The summed E-state index contributed by atoms with van der Waals surface area (Å²) >= 11 is 1.10. The lowest BCUT2D eigenvalue weighted by atomic mass is 10.2. The number of aromatic nitrogens is 2. The molecule has 0 aliphatic carbocycles. The van der Waals surface area contributed by atoms with Crippen LogP contribution in [0.2, 0.25) is 0 Å². The number of halogens is 1. The summed E-state index contributed by atoms with van der Waals surface area (Å²) in [5.41, 5.74) is -0.342. The second-order valence-corrected chi connectivity index (χ2v) is 6.48. The minimum Gasteiger partial charge on any atom is -0.461 e. The van der Waals surface area contributed by atoms with Crippen LogP contribution in [-0.4, -0.2) is 28.3 Å². The number of amides is 1. The zero-order valence-electron chi connectivity index (χ0n) is 15.1. The van der Waals surface area contributed by atoms with E-state index in [0.717, 1.165) is 16.0 Å². The van der Waals surface area contributed by atoms with Crippen molar-refractivity contribution in [2.45, 2.75) is 13.8 Å². The Morgan fingerprint density at radius 2 is 2.04 bits per heavy atom. The molecule has 144 valence electrons. The van der Waals surface area contributed by atoms with Gasteiger partial charge in [0.1, 0.15) is 10.8 Å². The third-order valence-electron chi connectivity index (χ3n) is 3.75. The average Bonchev–Trinajstić information content (AvgIpc) is 3.07. The first-order valence-electron chi connectivity index (χ1n) is 8.37. The number of rotatable bonds is 5. The van der Waals surface area contributed by atoms with Crippen molar-refractivity contribution >= 4 is 39.0 Å². The van der Waals surface area contributed by atoms with Crippen molar-refractivity contribution in [1.82, 2.24) is 9.78 Å². The first-order valence-corrected chi connectivity index (χ1v) is 9.25. The molecule has 1 aromatic carbocycles. The molecule has 0 fully saturated rings. The van der Waals surface area contributed by atoms with E-state index < -0.39 is 23.3 Å². The number of ether oxygens (including phenoxy) is 1. The molecule has 3 aromatic rings. The Labute approximate surface area is 163 Å². The number of esters is 1. The quantitative estimate of drug-likeness (QED) is 0.523. The Morgan fingerprint density at radius 1 is 1.32 bits per heavy atom. The number of hydrogen-bond acceptors (Lipinski definition) is 6. The molecule has 9 heteroatoms. The highest BCUT2D eigenvalue weighted by Gasteiger charge is 2.22. The van der Waals surface area contributed by atoms with Gasteiger partial charge in [0.25, 0.3) is 5.56 Å². The Hall–Kier alpha value is -3.33. The first kappa shape index (κ1) is 19.4. The maximum atomic E-state index is 13.3. The minimum absolute atomic E-state index is 0.0662. The monoisotopic (exact) mass is 401 g/mol. The van der Waals surface area contributed by atoms with Crippen LogP contribution >= 0.6 is 11.3 Å². The van der Waals surface area contributed by atoms with E-state index in [2.05, 4.69) is 10.4 Å². The molecule has 0 saturated heterocycles. The third kappa shape index (κ3) is 3.70. The number of fused-ring (bicyclic) bond motifs is 1. The fraction of sp³-hybridized carbons (Fsp3) is 0.158. The summed E-state index contributed by atoms with van der Waals surface area (Å²) in [4.78, 5) is 37.4. The van der Waals surface area contributed by atoms with Crippen LogP contribution in [0.4, 0.5) is 9.39 Å². The molecule has 0 atom stereocenters. The summed E-state index contributed by atoms with van der Waals surface area (Å²) in [5.74, 6) is -1.58. The smallest absolute Gasteiger partial charge is 0.359 e. The predicted octanol–water partition coefficient (Wildman–Crippen LogP) is 3.28. The molecule has 3 rings (SSSR count). The SMILES string of the molecule is CC=CC(=O)Nc1scc2c(C(=O)OCC)nn(-c3ccc(F)cc3)c(=O)c12. The fourth-order valence-corrected chi connectivity index (χ4v) is 3.49. The molecule has 1 N–H and O–H groups in total. The van der Waals surface area contributed by atoms with Crippen molar-refractivity contribution in [3.05, 3.63) is 63.7 Å². The van der Waals surface area contributed by atoms with Gasteiger partial charge >= 0.3 is 5.97 Å². The number of hydrogen-bond donors (Lipinski definition) is 1. The molecule has 0 unspecified atom stereocenters. The van der Waals surface area contributed by atoms with Crippen molar-refractivity contribution < 1.29 is 18.7 Å². The Balaban J connectivity index is 2.27. The number of anilines is 1. The molecule has 1 amide bonds. The zero-order chi connectivity index (χ0) is 20.3. The lowest BCUT2D eigenvalue weighted by Crippen LogP contribution is -2.25. The maximum absolute atomic E-state index is 13.3. The maximum Gasteiger partial charge on any atom is 0.359 e. The van der Waals surface area contributed by atoms with Crippen molar-refractivity contribution in [1.29, 1.82) is 0 Å². The molecule has 0 spiro atoms. The van der Waals surface area contributed by atoms with Crippen molar-refractivity contribution in [2.75, 3.05) is 11.9 Å². The van der Waals surface area contributed by atoms with E-state index in [1.165, 1.54) is 30.3 Å². The molecule has 0 bridgehead atoms. The van der Waals surface area contributed by atoms with Gasteiger partial charge in [-0.1, -0.05) is 6.08 Å². The van der Waals surface area contributed by atoms with Gasteiger partial charge in [0.15, 0.2) is 5.69 Å². The summed E-state index contributed by atoms with van der Waals surface area (Å²) in [6.07, 6.45) is 2.88. The van der Waals surface area contributed by atoms with E-state index in [4.69, 9.17) is 4.74 Å². The molecule has 0 saturated carbocycles. The minimum atomic E-state index is -0.701. The van der Waals surface area contributed by atoms with Gasteiger partial charge in [-0.05, 0) is 44.2 Å². The van der Waals surface area contributed by atoms with E-state index in [9.17, 15) is 18.8 Å². The summed E-state index contributed by atoms with van der Waals surface area (Å²) in [6, 6.07) is 5.10. The molecule has 0 aliphatic heterocycles. The molecule has 7 nitrogen and oxygen atoms in total. The zero-order valence-corrected chi connectivity index (χ0v) is 15.9. The number of allylic oxidation sites excluding steroid dienone is 1. The van der Waals surface area contributed by atoms with Gasteiger partial charge in [-0.3, -0.25) is 9.59 Å². The highest BCUT2D eigenvalue weighted by molar-refractivity contribution is 7.16. The van der Waals surface area contributed by atoms with Crippen molar-refractivity contribution in [2.24, 2.45) is 0 Å². The highest BCUT2D eigenvalue weighted by Crippen LogP contribution is 2.30. The van der Waals surface area contributed by atoms with Crippen LogP contribution in [0, 0.1) is 5.82 Å². The third-order valence-corrected chi connectivity index (χ3v) is 4.64. The number of nitrogens with zero attached hydrogens (tertiary/aromatic N) is 2. The van der Waals surface area contributed by atoms with E-state index in [1.54, 1.807) is 25.3 Å². The van der Waals surface area contributed by atoms with Crippen LogP contribution in [0.5, 0.6) is 0 Å². The van der Waals surface area contributed by atoms with Gasteiger partial charge in [0.05, 0.1) is 17.7 Å². The second kappa shape index (κ2) is 8.13. The largest absolute Gasteiger partial charge is 0.461 e. The van der Waals surface area contributed by atoms with E-state index in [1.807, 2.05) is 0 Å². The van der Waals surface area contributed by atoms with Crippen LogP contribution in [0.15, 0.2) is 46.6 Å². The topological polar surface area (TPSA) is 90.3 Å². The van der Waals surface area contributed by atoms with E-state index in [0.29, 0.717) is 0 Å². The number of nitrogens with one attached hydrogen (secondary N) is 1. The molecule has 2 heterocycles. The fourth-order valence-electron chi connectivity index (χ4n) is 2.55.